The van der Waals surface area contributed by atoms with Gasteiger partial charge >= 0.3 is 0 Å². The van der Waals surface area contributed by atoms with Crippen LogP contribution in [0, 0.1) is 10.1 Å². The van der Waals surface area contributed by atoms with E-state index < -0.39 is 4.92 Å². The number of rotatable bonds is 4. The van der Waals surface area contributed by atoms with Gasteiger partial charge in [-0.1, -0.05) is 0 Å². The SMILES string of the molecule is Cn1ccc(CNc2cc([N+](=O)[O-])ccn2)n1. The van der Waals surface area contributed by atoms with Gasteiger partial charge < -0.3 is 5.32 Å². The first-order valence-electron chi connectivity index (χ1n) is 4.98. The molecule has 0 amide bonds. The number of anilines is 1. The van der Waals surface area contributed by atoms with Crippen molar-refractivity contribution in [2.24, 2.45) is 7.05 Å². The predicted octanol–water partition coefficient (Wildman–Crippen LogP) is 1.34. The van der Waals surface area contributed by atoms with Crippen LogP contribution in [0.25, 0.3) is 0 Å². The summed E-state index contributed by atoms with van der Waals surface area (Å²) in [6, 6.07) is 4.61. The molecular formula is C10H11N5O2. The summed E-state index contributed by atoms with van der Waals surface area (Å²) in [4.78, 5) is 14.1. The van der Waals surface area contributed by atoms with Gasteiger partial charge in [-0.05, 0) is 6.07 Å². The van der Waals surface area contributed by atoms with Crippen molar-refractivity contribution in [1.29, 1.82) is 0 Å². The molecule has 2 heterocycles. The Morgan fingerprint density at radius 3 is 3.00 bits per heavy atom. The van der Waals surface area contributed by atoms with Gasteiger partial charge in [0.15, 0.2) is 0 Å². The maximum atomic E-state index is 10.6. The van der Waals surface area contributed by atoms with E-state index in [9.17, 15) is 10.1 Å². The van der Waals surface area contributed by atoms with E-state index in [1.54, 1.807) is 4.68 Å². The minimum absolute atomic E-state index is 0.0171. The summed E-state index contributed by atoms with van der Waals surface area (Å²) in [5.74, 6) is 0.463. The van der Waals surface area contributed by atoms with E-state index in [-0.39, 0.29) is 5.69 Å². The fourth-order valence-electron chi connectivity index (χ4n) is 1.37. The average molecular weight is 233 g/mol. The molecule has 0 atom stereocenters. The van der Waals surface area contributed by atoms with Crippen LogP contribution in [0.4, 0.5) is 11.5 Å². The van der Waals surface area contributed by atoms with E-state index in [1.165, 1.54) is 18.3 Å². The highest BCUT2D eigenvalue weighted by atomic mass is 16.6. The van der Waals surface area contributed by atoms with Gasteiger partial charge in [0.25, 0.3) is 5.69 Å². The molecule has 0 saturated carbocycles. The number of nitro groups is 1. The van der Waals surface area contributed by atoms with Crippen LogP contribution in [0.1, 0.15) is 5.69 Å². The summed E-state index contributed by atoms with van der Waals surface area (Å²) < 4.78 is 1.69. The average Bonchev–Trinajstić information content (AvgIpc) is 2.73. The minimum Gasteiger partial charge on any atom is -0.364 e. The Kier molecular flexibility index (Phi) is 2.99. The minimum atomic E-state index is -0.451. The lowest BCUT2D eigenvalue weighted by Gasteiger charge is -2.02. The van der Waals surface area contributed by atoms with Crippen molar-refractivity contribution in [3.8, 4) is 0 Å². The molecule has 0 fully saturated rings. The fourth-order valence-corrected chi connectivity index (χ4v) is 1.37. The number of aryl methyl sites for hydroxylation is 1. The maximum Gasteiger partial charge on any atom is 0.274 e. The second-order valence-corrected chi connectivity index (χ2v) is 3.49. The normalized spacial score (nSPS) is 10.2. The van der Waals surface area contributed by atoms with E-state index >= 15 is 0 Å². The van der Waals surface area contributed by atoms with Crippen molar-refractivity contribution in [2.45, 2.75) is 6.54 Å². The van der Waals surface area contributed by atoms with Gasteiger partial charge in [0.1, 0.15) is 5.82 Å². The van der Waals surface area contributed by atoms with Crippen molar-refractivity contribution >= 4 is 11.5 Å². The Morgan fingerprint density at radius 2 is 2.35 bits per heavy atom. The first-order chi connectivity index (χ1) is 8.15. The van der Waals surface area contributed by atoms with E-state index in [4.69, 9.17) is 0 Å². The highest BCUT2D eigenvalue weighted by Crippen LogP contribution is 2.14. The molecule has 0 bridgehead atoms. The second kappa shape index (κ2) is 4.60. The van der Waals surface area contributed by atoms with E-state index in [0.717, 1.165) is 5.69 Å². The largest absolute Gasteiger partial charge is 0.364 e. The molecule has 17 heavy (non-hydrogen) atoms. The van der Waals surface area contributed by atoms with Crippen LogP contribution in [0.15, 0.2) is 30.6 Å². The zero-order valence-corrected chi connectivity index (χ0v) is 9.20. The van der Waals surface area contributed by atoms with Crippen molar-refractivity contribution < 1.29 is 4.92 Å². The van der Waals surface area contributed by atoms with Crippen LogP contribution in [0.5, 0.6) is 0 Å². The molecule has 0 saturated heterocycles. The summed E-state index contributed by atoms with van der Waals surface area (Å²) >= 11 is 0. The summed E-state index contributed by atoms with van der Waals surface area (Å²) in [7, 11) is 1.83. The molecule has 2 aromatic rings. The Balaban J connectivity index is 2.04. The van der Waals surface area contributed by atoms with Crippen LogP contribution in [0.2, 0.25) is 0 Å². The van der Waals surface area contributed by atoms with Crippen LogP contribution >= 0.6 is 0 Å². The highest BCUT2D eigenvalue weighted by Gasteiger charge is 2.06. The molecule has 7 nitrogen and oxygen atoms in total. The quantitative estimate of drug-likeness (QED) is 0.636. The number of nitrogens with zero attached hydrogens (tertiary/aromatic N) is 4. The van der Waals surface area contributed by atoms with Gasteiger partial charge in [-0.2, -0.15) is 5.10 Å². The van der Waals surface area contributed by atoms with Gasteiger partial charge in [-0.25, -0.2) is 4.98 Å². The Labute approximate surface area is 97.2 Å². The van der Waals surface area contributed by atoms with Gasteiger partial charge in [-0.3, -0.25) is 14.8 Å². The molecule has 88 valence electrons. The number of hydrogen-bond donors (Lipinski definition) is 1. The number of pyridine rings is 1. The van der Waals surface area contributed by atoms with Crippen LogP contribution in [-0.4, -0.2) is 19.7 Å². The van der Waals surface area contributed by atoms with Crippen LogP contribution < -0.4 is 5.32 Å². The van der Waals surface area contributed by atoms with E-state index in [2.05, 4.69) is 15.4 Å². The third-order valence-electron chi connectivity index (χ3n) is 2.17. The van der Waals surface area contributed by atoms with E-state index in [0.29, 0.717) is 12.4 Å². The number of aromatic nitrogens is 3. The van der Waals surface area contributed by atoms with Crippen molar-refractivity contribution in [3.05, 3.63) is 46.4 Å². The van der Waals surface area contributed by atoms with Gasteiger partial charge in [0.2, 0.25) is 0 Å². The lowest BCUT2D eigenvalue weighted by molar-refractivity contribution is -0.384. The molecule has 0 aliphatic heterocycles. The molecule has 0 aromatic carbocycles. The molecule has 2 aromatic heterocycles. The Hall–Kier alpha value is -2.44. The molecular weight excluding hydrogens is 222 g/mol. The van der Waals surface area contributed by atoms with E-state index in [1.807, 2.05) is 19.3 Å². The molecule has 0 spiro atoms. The molecule has 7 heteroatoms. The Bertz CT molecular complexity index is 537. The first-order valence-corrected chi connectivity index (χ1v) is 4.98. The molecule has 2 rings (SSSR count). The number of nitrogens with one attached hydrogen (secondary N) is 1. The lowest BCUT2D eigenvalue weighted by atomic mass is 10.4. The van der Waals surface area contributed by atoms with Gasteiger partial charge in [0, 0.05) is 25.5 Å². The van der Waals surface area contributed by atoms with Gasteiger partial charge in [-0.15, -0.1) is 0 Å². The standard InChI is InChI=1S/C10H11N5O2/c1-14-5-3-8(13-14)7-12-10-6-9(15(16)17)2-4-11-10/h2-6H,7H2,1H3,(H,11,12). The molecule has 0 aliphatic carbocycles. The van der Waals surface area contributed by atoms with Crippen molar-refractivity contribution in [2.75, 3.05) is 5.32 Å². The zero-order chi connectivity index (χ0) is 12.3. The molecule has 1 N–H and O–H groups in total. The zero-order valence-electron chi connectivity index (χ0n) is 9.20. The molecule has 0 aliphatic rings. The molecule has 0 unspecified atom stereocenters. The summed E-state index contributed by atoms with van der Waals surface area (Å²) in [5.41, 5.74) is 0.865. The Morgan fingerprint density at radius 1 is 1.53 bits per heavy atom. The molecule has 0 radical (unpaired) electrons. The fraction of sp³-hybridized carbons (Fsp3) is 0.200. The monoisotopic (exact) mass is 233 g/mol. The first kappa shape index (κ1) is 11.1. The summed E-state index contributed by atoms with van der Waals surface area (Å²) in [6.45, 7) is 0.481. The lowest BCUT2D eigenvalue weighted by Crippen LogP contribution is -2.03. The third kappa shape index (κ3) is 2.77. The van der Waals surface area contributed by atoms with Crippen LogP contribution in [-0.2, 0) is 13.6 Å². The van der Waals surface area contributed by atoms with Crippen molar-refractivity contribution in [1.82, 2.24) is 14.8 Å². The third-order valence-corrected chi connectivity index (χ3v) is 2.17. The number of hydrogen-bond acceptors (Lipinski definition) is 5. The van der Waals surface area contributed by atoms with Gasteiger partial charge in [0.05, 0.1) is 23.2 Å². The topological polar surface area (TPSA) is 85.9 Å². The summed E-state index contributed by atoms with van der Waals surface area (Å²) in [6.07, 6.45) is 3.23. The maximum absolute atomic E-state index is 10.6. The highest BCUT2D eigenvalue weighted by molar-refractivity contribution is 5.44. The predicted molar refractivity (Wildman–Crippen MR) is 61.4 cm³/mol. The summed E-state index contributed by atoms with van der Waals surface area (Å²) in [5, 5.41) is 17.7. The second-order valence-electron chi connectivity index (χ2n) is 3.49. The van der Waals surface area contributed by atoms with Crippen molar-refractivity contribution in [3.63, 3.8) is 0 Å². The van der Waals surface area contributed by atoms with Crippen LogP contribution in [0.3, 0.4) is 0 Å². The smallest absolute Gasteiger partial charge is 0.274 e.